The molecule has 15 heavy (non-hydrogen) atoms. The Balaban J connectivity index is 2.34. The Bertz CT molecular complexity index is 306. The molecule has 3 nitrogen and oxygen atoms in total. The minimum atomic E-state index is -0.173. The van der Waals surface area contributed by atoms with E-state index in [0.717, 1.165) is 18.4 Å². The molecule has 2 N–H and O–H groups in total. The number of ether oxygens (including phenoxy) is 1. The summed E-state index contributed by atoms with van der Waals surface area (Å²) in [6.45, 7) is 2.58. The summed E-state index contributed by atoms with van der Waals surface area (Å²) in [4.78, 5) is 11.3. The molecule has 0 bridgehead atoms. The summed E-state index contributed by atoms with van der Waals surface area (Å²) in [6.07, 6.45) is 2.28. The van der Waals surface area contributed by atoms with Crippen molar-refractivity contribution in [2.45, 2.75) is 26.2 Å². The van der Waals surface area contributed by atoms with E-state index in [1.165, 1.54) is 0 Å². The number of benzene rings is 1. The SMILES string of the molecule is CCCCOC(=O)Cc1ccc(N)cc1. The quantitative estimate of drug-likeness (QED) is 0.457. The molecule has 0 unspecified atom stereocenters. The molecule has 0 fully saturated rings. The van der Waals surface area contributed by atoms with Crippen molar-refractivity contribution >= 4 is 11.7 Å². The maximum absolute atomic E-state index is 11.3. The third-order valence-electron chi connectivity index (χ3n) is 2.09. The molecule has 0 radical (unpaired) electrons. The van der Waals surface area contributed by atoms with Crippen molar-refractivity contribution in [1.82, 2.24) is 0 Å². The van der Waals surface area contributed by atoms with E-state index >= 15 is 0 Å². The van der Waals surface area contributed by atoms with Crippen LogP contribution in [0.5, 0.6) is 0 Å². The zero-order valence-electron chi connectivity index (χ0n) is 9.03. The lowest BCUT2D eigenvalue weighted by Crippen LogP contribution is -2.08. The molecule has 0 aliphatic carbocycles. The van der Waals surface area contributed by atoms with E-state index in [4.69, 9.17) is 10.5 Å². The number of hydrogen-bond acceptors (Lipinski definition) is 3. The Morgan fingerprint density at radius 1 is 1.33 bits per heavy atom. The first kappa shape index (κ1) is 11.6. The molecule has 0 saturated carbocycles. The molecule has 1 aromatic carbocycles. The van der Waals surface area contributed by atoms with Gasteiger partial charge in [-0.2, -0.15) is 0 Å². The van der Waals surface area contributed by atoms with Gasteiger partial charge in [-0.3, -0.25) is 4.79 Å². The van der Waals surface area contributed by atoms with Gasteiger partial charge >= 0.3 is 5.97 Å². The lowest BCUT2D eigenvalue weighted by atomic mass is 10.1. The molecular formula is C12H17NO2. The van der Waals surface area contributed by atoms with E-state index in [0.29, 0.717) is 18.7 Å². The van der Waals surface area contributed by atoms with Crippen molar-refractivity contribution in [1.29, 1.82) is 0 Å². The molecule has 1 aromatic rings. The number of rotatable bonds is 5. The highest BCUT2D eigenvalue weighted by Gasteiger charge is 2.03. The van der Waals surface area contributed by atoms with Crippen LogP contribution in [0, 0.1) is 0 Å². The molecule has 0 aliphatic rings. The number of nitrogen functional groups attached to an aromatic ring is 1. The number of unbranched alkanes of at least 4 members (excludes halogenated alkanes) is 1. The van der Waals surface area contributed by atoms with Crippen molar-refractivity contribution < 1.29 is 9.53 Å². The maximum atomic E-state index is 11.3. The van der Waals surface area contributed by atoms with E-state index in [-0.39, 0.29) is 5.97 Å². The normalized spacial score (nSPS) is 9.93. The van der Waals surface area contributed by atoms with E-state index in [9.17, 15) is 4.79 Å². The van der Waals surface area contributed by atoms with Gasteiger partial charge in [0.2, 0.25) is 0 Å². The second-order valence-corrected chi connectivity index (χ2v) is 3.49. The monoisotopic (exact) mass is 207 g/mol. The number of hydrogen-bond donors (Lipinski definition) is 1. The topological polar surface area (TPSA) is 52.3 Å². The van der Waals surface area contributed by atoms with Crippen LogP contribution in [-0.2, 0) is 16.0 Å². The van der Waals surface area contributed by atoms with Crippen LogP contribution in [-0.4, -0.2) is 12.6 Å². The van der Waals surface area contributed by atoms with E-state index in [1.807, 2.05) is 12.1 Å². The van der Waals surface area contributed by atoms with Gasteiger partial charge in [0, 0.05) is 5.69 Å². The Labute approximate surface area is 90.2 Å². The summed E-state index contributed by atoms with van der Waals surface area (Å²) in [5.74, 6) is -0.173. The molecule has 0 amide bonds. The average molecular weight is 207 g/mol. The molecule has 1 rings (SSSR count). The van der Waals surface area contributed by atoms with Gasteiger partial charge in [0.05, 0.1) is 13.0 Å². The summed E-state index contributed by atoms with van der Waals surface area (Å²) >= 11 is 0. The highest BCUT2D eigenvalue weighted by atomic mass is 16.5. The third-order valence-corrected chi connectivity index (χ3v) is 2.09. The minimum absolute atomic E-state index is 0.173. The third kappa shape index (κ3) is 4.49. The molecular weight excluding hydrogens is 190 g/mol. The molecule has 0 aliphatic heterocycles. The van der Waals surface area contributed by atoms with Crippen molar-refractivity contribution in [2.75, 3.05) is 12.3 Å². The van der Waals surface area contributed by atoms with Crippen LogP contribution in [0.3, 0.4) is 0 Å². The van der Waals surface area contributed by atoms with Crippen molar-refractivity contribution in [3.05, 3.63) is 29.8 Å². The molecule has 82 valence electrons. The van der Waals surface area contributed by atoms with Gasteiger partial charge in [-0.05, 0) is 24.1 Å². The Morgan fingerprint density at radius 3 is 2.60 bits per heavy atom. The standard InChI is InChI=1S/C12H17NO2/c1-2-3-8-15-12(14)9-10-4-6-11(13)7-5-10/h4-7H,2-3,8-9,13H2,1H3. The fourth-order valence-electron chi connectivity index (χ4n) is 1.18. The molecule has 0 saturated heterocycles. The number of anilines is 1. The summed E-state index contributed by atoms with van der Waals surface area (Å²) in [5.41, 5.74) is 7.18. The molecule has 0 atom stereocenters. The molecule has 0 heterocycles. The van der Waals surface area contributed by atoms with Crippen LogP contribution in [0.1, 0.15) is 25.3 Å². The smallest absolute Gasteiger partial charge is 0.310 e. The fraction of sp³-hybridized carbons (Fsp3) is 0.417. The zero-order valence-corrected chi connectivity index (χ0v) is 9.03. The van der Waals surface area contributed by atoms with Gasteiger partial charge in [-0.1, -0.05) is 25.5 Å². The summed E-state index contributed by atoms with van der Waals surface area (Å²) in [7, 11) is 0. The minimum Gasteiger partial charge on any atom is -0.465 e. The van der Waals surface area contributed by atoms with Crippen LogP contribution in [0.2, 0.25) is 0 Å². The fourth-order valence-corrected chi connectivity index (χ4v) is 1.18. The summed E-state index contributed by atoms with van der Waals surface area (Å²) in [5, 5.41) is 0. The number of esters is 1. The molecule has 0 spiro atoms. The van der Waals surface area contributed by atoms with Crippen LogP contribution in [0.15, 0.2) is 24.3 Å². The number of carbonyl (C=O) groups is 1. The zero-order chi connectivity index (χ0) is 11.1. The van der Waals surface area contributed by atoms with Gasteiger partial charge in [0.15, 0.2) is 0 Å². The highest BCUT2D eigenvalue weighted by molar-refractivity contribution is 5.72. The number of nitrogens with two attached hydrogens (primary N) is 1. The second-order valence-electron chi connectivity index (χ2n) is 3.49. The van der Waals surface area contributed by atoms with Crippen LogP contribution in [0.25, 0.3) is 0 Å². The van der Waals surface area contributed by atoms with E-state index in [2.05, 4.69) is 6.92 Å². The van der Waals surface area contributed by atoms with Crippen molar-refractivity contribution in [3.8, 4) is 0 Å². The average Bonchev–Trinajstić information content (AvgIpc) is 2.22. The lowest BCUT2D eigenvalue weighted by Gasteiger charge is -2.04. The van der Waals surface area contributed by atoms with Crippen LogP contribution in [0.4, 0.5) is 5.69 Å². The van der Waals surface area contributed by atoms with Gasteiger partial charge in [-0.15, -0.1) is 0 Å². The van der Waals surface area contributed by atoms with Gasteiger partial charge in [-0.25, -0.2) is 0 Å². The van der Waals surface area contributed by atoms with E-state index in [1.54, 1.807) is 12.1 Å². The molecule has 0 aromatic heterocycles. The summed E-state index contributed by atoms with van der Waals surface area (Å²) in [6, 6.07) is 7.26. The van der Waals surface area contributed by atoms with Crippen molar-refractivity contribution in [2.24, 2.45) is 0 Å². The van der Waals surface area contributed by atoms with E-state index < -0.39 is 0 Å². The van der Waals surface area contributed by atoms with Gasteiger partial charge in [0.1, 0.15) is 0 Å². The van der Waals surface area contributed by atoms with Gasteiger partial charge in [0.25, 0.3) is 0 Å². The highest BCUT2D eigenvalue weighted by Crippen LogP contribution is 2.06. The van der Waals surface area contributed by atoms with Gasteiger partial charge < -0.3 is 10.5 Å². The summed E-state index contributed by atoms with van der Waals surface area (Å²) < 4.78 is 5.05. The Kier molecular flexibility index (Phi) is 4.68. The first-order valence-electron chi connectivity index (χ1n) is 5.22. The lowest BCUT2D eigenvalue weighted by molar-refractivity contribution is -0.142. The first-order chi connectivity index (χ1) is 7.22. The predicted octanol–water partition coefficient (Wildman–Crippen LogP) is 2.15. The predicted molar refractivity (Wildman–Crippen MR) is 60.4 cm³/mol. The van der Waals surface area contributed by atoms with Crippen molar-refractivity contribution in [3.63, 3.8) is 0 Å². The number of carbonyl (C=O) groups excluding carboxylic acids is 1. The second kappa shape index (κ2) is 6.06. The van der Waals surface area contributed by atoms with Crippen LogP contribution >= 0.6 is 0 Å². The first-order valence-corrected chi connectivity index (χ1v) is 5.22. The Hall–Kier alpha value is -1.51. The molecule has 3 heteroatoms. The Morgan fingerprint density at radius 2 is 2.00 bits per heavy atom. The maximum Gasteiger partial charge on any atom is 0.310 e. The van der Waals surface area contributed by atoms with Crippen LogP contribution < -0.4 is 5.73 Å². The largest absolute Gasteiger partial charge is 0.465 e.